The van der Waals surface area contributed by atoms with E-state index >= 15 is 0 Å². The molecule has 2 N–H and O–H groups in total. The lowest BCUT2D eigenvalue weighted by Crippen LogP contribution is -2.51. The van der Waals surface area contributed by atoms with E-state index in [0.717, 1.165) is 38.1 Å². The number of carbonyl (C=O) groups excluding carboxylic acids is 4. The third kappa shape index (κ3) is 10.0. The predicted molar refractivity (Wildman–Crippen MR) is 244 cm³/mol. The summed E-state index contributed by atoms with van der Waals surface area (Å²) in [6, 6.07) is 18.0. The lowest BCUT2D eigenvalue weighted by Gasteiger charge is -2.29. The molecule has 0 bridgehead atoms. The largest absolute Gasteiger partial charge is 0.491 e. The summed E-state index contributed by atoms with van der Waals surface area (Å²) >= 11 is 7.90. The molecule has 0 spiro atoms. The van der Waals surface area contributed by atoms with E-state index in [9.17, 15) is 19.2 Å². The molecule has 1 fully saturated rings. The van der Waals surface area contributed by atoms with E-state index in [1.165, 1.54) is 4.88 Å². The third-order valence-corrected chi connectivity index (χ3v) is 12.6. The van der Waals surface area contributed by atoms with E-state index in [1.54, 1.807) is 53.8 Å². The van der Waals surface area contributed by atoms with Crippen LogP contribution in [-0.4, -0.2) is 108 Å². The Labute approximate surface area is 384 Å². The minimum Gasteiger partial charge on any atom is -0.491 e. The first kappa shape index (κ1) is 45.3. The average molecular weight is 922 g/mol. The second-order valence-electron chi connectivity index (χ2n) is 15.5. The molecule has 338 valence electrons. The number of aliphatic imine (C=N–C) groups is 1. The maximum Gasteiger partial charge on any atom is 0.266 e. The summed E-state index contributed by atoms with van der Waals surface area (Å²) < 4.78 is 30.5. The van der Waals surface area contributed by atoms with Gasteiger partial charge in [-0.3, -0.25) is 33.6 Å². The number of nitrogens with one attached hydrogen (secondary N) is 2. The summed E-state index contributed by atoms with van der Waals surface area (Å²) in [6.07, 6.45) is 0.857. The number of imide groups is 1. The van der Waals surface area contributed by atoms with Crippen molar-refractivity contribution in [3.8, 4) is 16.5 Å². The highest BCUT2D eigenvalue weighted by molar-refractivity contribution is 7.15. The summed E-state index contributed by atoms with van der Waals surface area (Å²) in [7, 11) is 0. The van der Waals surface area contributed by atoms with Crippen molar-refractivity contribution < 1.29 is 42.9 Å². The van der Waals surface area contributed by atoms with Crippen LogP contribution in [0, 0.1) is 20.8 Å². The maximum atomic E-state index is 13.5. The van der Waals surface area contributed by atoms with Gasteiger partial charge in [0.15, 0.2) is 5.82 Å². The molecule has 0 aliphatic carbocycles. The van der Waals surface area contributed by atoms with Crippen molar-refractivity contribution in [1.29, 1.82) is 0 Å². The van der Waals surface area contributed by atoms with Crippen molar-refractivity contribution in [1.82, 2.24) is 25.0 Å². The summed E-state index contributed by atoms with van der Waals surface area (Å²) in [4.78, 5) is 59.7. The molecule has 0 saturated carbocycles. The summed E-state index contributed by atoms with van der Waals surface area (Å²) in [5.74, 6) is 0.510. The predicted octanol–water partition coefficient (Wildman–Crippen LogP) is 6.72. The normalized spacial score (nSPS) is 16.7. The zero-order valence-electron chi connectivity index (χ0n) is 36.2. The van der Waals surface area contributed by atoms with Crippen LogP contribution in [0.5, 0.6) is 11.5 Å². The zero-order chi connectivity index (χ0) is 45.6. The fourth-order valence-electron chi connectivity index (χ4n) is 7.81. The summed E-state index contributed by atoms with van der Waals surface area (Å²) in [5.41, 5.74) is 5.35. The first-order valence-corrected chi connectivity index (χ1v) is 22.4. The van der Waals surface area contributed by atoms with Crippen LogP contribution in [0.4, 0.5) is 5.69 Å². The number of halogens is 1. The highest BCUT2D eigenvalue weighted by Crippen LogP contribution is 2.40. The Hall–Kier alpha value is -6.24. The van der Waals surface area contributed by atoms with E-state index in [-0.39, 0.29) is 42.4 Å². The standard InChI is InChI=1S/C47H48ClN7O9S/c1-27-8-17-37(44(57)49-27)55-45(58)35-6-5-7-38(41(35)46(55)59)64-25-23-62-21-19-60-18-20-61-22-24-63-34-15-13-33(14-16-34)50-39(56)26-36-43-53-52-30(4)54(43)47-40(28(2)29(3)65-47)42(51-36)31-9-11-32(48)12-10-31/h5-7,9-16,36-37H,1,8,17-26H2,2-4H3,(H,49,57)(H,50,56)/t36-,37?/m0/s1. The Kier molecular flexibility index (Phi) is 14.2. The Morgan fingerprint density at radius 2 is 1.52 bits per heavy atom. The number of nitrogens with zero attached hydrogens (tertiary/aromatic N) is 5. The summed E-state index contributed by atoms with van der Waals surface area (Å²) in [6.45, 7) is 12.3. The molecule has 5 aromatic rings. The van der Waals surface area contributed by atoms with E-state index < -0.39 is 29.8 Å². The Balaban J connectivity index is 0.716. The maximum absolute atomic E-state index is 13.5. The smallest absolute Gasteiger partial charge is 0.266 e. The molecule has 3 aliphatic rings. The van der Waals surface area contributed by atoms with Crippen molar-refractivity contribution in [2.24, 2.45) is 4.99 Å². The molecule has 16 nitrogen and oxygen atoms in total. The van der Waals surface area contributed by atoms with Crippen LogP contribution in [0.25, 0.3) is 5.00 Å². The first-order chi connectivity index (χ1) is 31.5. The van der Waals surface area contributed by atoms with Crippen molar-refractivity contribution in [3.63, 3.8) is 0 Å². The van der Waals surface area contributed by atoms with Gasteiger partial charge in [-0.2, -0.15) is 0 Å². The van der Waals surface area contributed by atoms with Crippen molar-refractivity contribution in [2.75, 3.05) is 58.2 Å². The topological polar surface area (TPSA) is 185 Å². The molecule has 5 heterocycles. The number of hydrogen-bond donors (Lipinski definition) is 2. The van der Waals surface area contributed by atoms with Crippen LogP contribution in [-0.2, 0) is 23.8 Å². The van der Waals surface area contributed by atoms with Gasteiger partial charge in [0.25, 0.3) is 11.8 Å². The number of hydrogen-bond acceptors (Lipinski definition) is 13. The number of ether oxygens (including phenoxy) is 5. The van der Waals surface area contributed by atoms with Gasteiger partial charge in [0.2, 0.25) is 11.8 Å². The number of aryl methyl sites for hydroxylation is 2. The van der Waals surface area contributed by atoms with Crippen molar-refractivity contribution >= 4 is 58.0 Å². The van der Waals surface area contributed by atoms with E-state index in [0.29, 0.717) is 80.5 Å². The van der Waals surface area contributed by atoms with E-state index in [1.807, 2.05) is 35.8 Å². The average Bonchev–Trinajstić information content (AvgIpc) is 3.87. The van der Waals surface area contributed by atoms with Crippen LogP contribution < -0.4 is 20.1 Å². The SMILES string of the molecule is C=C1CCC(N2C(=O)c3cccc(OCCOCCOCCOCCOc4ccc(NC(=O)C[C@@H]5N=C(c6ccc(Cl)cc6)c6c(sc(C)c6C)-n6c(C)nnc65)cc4)c3C2=O)C(=O)N1. The van der Waals surface area contributed by atoms with Crippen LogP contribution >= 0.6 is 22.9 Å². The fraction of sp³-hybridized carbons (Fsp3) is 0.340. The Morgan fingerprint density at radius 1 is 0.846 bits per heavy atom. The Morgan fingerprint density at radius 3 is 2.22 bits per heavy atom. The fourth-order valence-corrected chi connectivity index (χ4v) is 9.15. The lowest BCUT2D eigenvalue weighted by atomic mass is 9.99. The van der Waals surface area contributed by atoms with Gasteiger partial charge < -0.3 is 34.3 Å². The number of thiophene rings is 1. The molecule has 8 rings (SSSR count). The van der Waals surface area contributed by atoms with Crippen LogP contribution in [0.3, 0.4) is 0 Å². The molecule has 1 saturated heterocycles. The number of anilines is 1. The summed E-state index contributed by atoms with van der Waals surface area (Å²) in [5, 5.41) is 16.1. The molecule has 0 radical (unpaired) electrons. The number of aromatic nitrogens is 3. The van der Waals surface area contributed by atoms with Crippen LogP contribution in [0.15, 0.2) is 84.0 Å². The van der Waals surface area contributed by atoms with Gasteiger partial charge in [0.1, 0.15) is 47.6 Å². The number of allylic oxidation sites excluding steroid dienone is 1. The lowest BCUT2D eigenvalue weighted by molar-refractivity contribution is -0.125. The number of fused-ring (bicyclic) bond motifs is 4. The number of benzene rings is 3. The van der Waals surface area contributed by atoms with Gasteiger partial charge in [-0.15, -0.1) is 21.5 Å². The first-order valence-electron chi connectivity index (χ1n) is 21.2. The highest BCUT2D eigenvalue weighted by Gasteiger charge is 2.45. The van der Waals surface area contributed by atoms with Gasteiger partial charge in [-0.1, -0.05) is 36.4 Å². The van der Waals surface area contributed by atoms with E-state index in [4.69, 9.17) is 40.3 Å². The molecule has 65 heavy (non-hydrogen) atoms. The monoisotopic (exact) mass is 921 g/mol. The second-order valence-corrected chi connectivity index (χ2v) is 17.2. The van der Waals surface area contributed by atoms with Gasteiger partial charge in [-0.25, -0.2) is 0 Å². The van der Waals surface area contributed by atoms with Gasteiger partial charge in [0, 0.05) is 32.4 Å². The molecule has 2 atom stereocenters. The molecule has 2 aromatic heterocycles. The number of rotatable bonds is 19. The molecule has 18 heteroatoms. The van der Waals surface area contributed by atoms with E-state index in [2.05, 4.69) is 41.3 Å². The number of piperidine rings is 1. The third-order valence-electron chi connectivity index (χ3n) is 11.1. The van der Waals surface area contributed by atoms with Gasteiger partial charge in [-0.05, 0) is 87.7 Å². The number of carbonyl (C=O) groups is 4. The minimum atomic E-state index is -0.894. The van der Waals surface area contributed by atoms with Crippen molar-refractivity contribution in [3.05, 3.63) is 128 Å². The molecular formula is C47H48ClN7O9S. The van der Waals surface area contributed by atoms with Crippen LogP contribution in [0.1, 0.15) is 79.2 Å². The van der Waals surface area contributed by atoms with Crippen molar-refractivity contribution in [2.45, 2.75) is 52.1 Å². The molecule has 3 aliphatic heterocycles. The second kappa shape index (κ2) is 20.3. The highest BCUT2D eigenvalue weighted by atomic mass is 35.5. The molecular weight excluding hydrogens is 874 g/mol. The van der Waals surface area contributed by atoms with Gasteiger partial charge in [0.05, 0.1) is 62.9 Å². The quantitative estimate of drug-likeness (QED) is 0.0662. The molecule has 1 unspecified atom stereocenters. The zero-order valence-corrected chi connectivity index (χ0v) is 37.8. The Bertz CT molecular complexity index is 2640. The van der Waals surface area contributed by atoms with Gasteiger partial charge >= 0.3 is 0 Å². The minimum absolute atomic E-state index is 0.0522. The number of amides is 4. The van der Waals surface area contributed by atoms with Crippen LogP contribution in [0.2, 0.25) is 5.02 Å². The molecule has 4 amide bonds. The molecule has 3 aromatic carbocycles.